The number of phosphoric acid groups is 2. The van der Waals surface area contributed by atoms with Crippen LogP contribution in [0.4, 0.5) is 0 Å². The molecule has 0 radical (unpaired) electrons. The van der Waals surface area contributed by atoms with E-state index in [0.29, 0.717) is 31.6 Å². The molecule has 0 aliphatic heterocycles. The van der Waals surface area contributed by atoms with E-state index in [1.54, 1.807) is 0 Å². The zero-order chi connectivity index (χ0) is 71.4. The van der Waals surface area contributed by atoms with Crippen LogP contribution in [0.15, 0.2) is 0 Å². The van der Waals surface area contributed by atoms with E-state index in [9.17, 15) is 43.2 Å². The maximum atomic E-state index is 13.1. The summed E-state index contributed by atoms with van der Waals surface area (Å²) in [4.78, 5) is 72.8. The molecule has 0 aromatic rings. The lowest BCUT2D eigenvalue weighted by Crippen LogP contribution is -2.30. The van der Waals surface area contributed by atoms with E-state index in [1.807, 2.05) is 0 Å². The van der Waals surface area contributed by atoms with E-state index in [-0.39, 0.29) is 25.7 Å². The maximum absolute atomic E-state index is 13.1. The summed E-state index contributed by atoms with van der Waals surface area (Å²) in [6.45, 7) is 9.56. The topological polar surface area (TPSA) is 237 Å². The molecule has 0 saturated heterocycles. The van der Waals surface area contributed by atoms with Crippen molar-refractivity contribution >= 4 is 39.5 Å². The Hall–Kier alpha value is -1.94. The van der Waals surface area contributed by atoms with Crippen LogP contribution in [0.2, 0.25) is 0 Å². The van der Waals surface area contributed by atoms with Crippen LogP contribution in [0.25, 0.3) is 0 Å². The first-order chi connectivity index (χ1) is 46.9. The summed E-state index contributed by atoms with van der Waals surface area (Å²) in [6, 6.07) is 0. The van der Waals surface area contributed by atoms with Crippen molar-refractivity contribution in [3.8, 4) is 0 Å². The van der Waals surface area contributed by atoms with Gasteiger partial charge in [-0.25, -0.2) is 9.13 Å². The fraction of sp³-hybridized carbons (Fsp3) is 0.949. The fourth-order valence-corrected chi connectivity index (χ4v) is 13.6. The summed E-state index contributed by atoms with van der Waals surface area (Å²) < 4.78 is 68.5. The number of ether oxygens (including phenoxy) is 4. The van der Waals surface area contributed by atoms with Gasteiger partial charge in [0.2, 0.25) is 0 Å². The summed E-state index contributed by atoms with van der Waals surface area (Å²) in [5, 5.41) is 10.6. The Balaban J connectivity index is 5.19. The van der Waals surface area contributed by atoms with Gasteiger partial charge in [-0.15, -0.1) is 0 Å². The highest BCUT2D eigenvalue weighted by molar-refractivity contribution is 7.47. The normalized spacial score (nSPS) is 14.0. The molecule has 0 heterocycles. The quantitative estimate of drug-likeness (QED) is 0.0222. The van der Waals surface area contributed by atoms with Crippen molar-refractivity contribution in [1.82, 2.24) is 0 Å². The number of rotatable bonds is 77. The summed E-state index contributed by atoms with van der Waals surface area (Å²) in [5.41, 5.74) is 0. The summed E-state index contributed by atoms with van der Waals surface area (Å²) in [6.07, 6.45) is 58.5. The number of hydrogen-bond acceptors (Lipinski definition) is 15. The minimum atomic E-state index is -4.96. The van der Waals surface area contributed by atoms with Crippen LogP contribution < -0.4 is 0 Å². The lowest BCUT2D eigenvalue weighted by molar-refractivity contribution is -0.161. The molecule has 576 valence electrons. The zero-order valence-corrected chi connectivity index (χ0v) is 65.2. The van der Waals surface area contributed by atoms with Crippen LogP contribution in [-0.2, 0) is 65.4 Å². The van der Waals surface area contributed by atoms with Crippen LogP contribution in [0.1, 0.15) is 408 Å². The largest absolute Gasteiger partial charge is 0.472 e. The van der Waals surface area contributed by atoms with Crippen LogP contribution in [0, 0.1) is 11.8 Å². The second-order valence-corrected chi connectivity index (χ2v) is 32.0. The molecule has 0 spiro atoms. The van der Waals surface area contributed by atoms with E-state index in [2.05, 4.69) is 41.5 Å². The molecular weight excluding hydrogens is 1270 g/mol. The van der Waals surface area contributed by atoms with E-state index in [1.165, 1.54) is 225 Å². The van der Waals surface area contributed by atoms with Gasteiger partial charge in [0.1, 0.15) is 19.3 Å². The first-order valence-electron chi connectivity index (χ1n) is 40.5. The number of carbonyl (C=O) groups excluding carboxylic acids is 4. The number of aliphatic hydroxyl groups is 1. The molecule has 0 aromatic carbocycles. The number of unbranched alkanes of at least 4 members (excludes halogenated alkanes) is 47. The van der Waals surface area contributed by atoms with Gasteiger partial charge in [0.05, 0.1) is 26.4 Å². The Morgan fingerprint density at radius 1 is 0.278 bits per heavy atom. The predicted octanol–water partition coefficient (Wildman–Crippen LogP) is 23.1. The van der Waals surface area contributed by atoms with Gasteiger partial charge in [-0.1, -0.05) is 356 Å². The fourth-order valence-electron chi connectivity index (χ4n) is 12.0. The third-order valence-corrected chi connectivity index (χ3v) is 20.1. The van der Waals surface area contributed by atoms with E-state index < -0.39 is 97.5 Å². The zero-order valence-electron chi connectivity index (χ0n) is 63.4. The highest BCUT2D eigenvalue weighted by Crippen LogP contribution is 2.45. The van der Waals surface area contributed by atoms with Crippen molar-refractivity contribution in [3.63, 3.8) is 0 Å². The molecule has 19 heteroatoms. The molecule has 5 atom stereocenters. The number of carbonyl (C=O) groups is 4. The first kappa shape index (κ1) is 95.1. The van der Waals surface area contributed by atoms with Crippen molar-refractivity contribution in [2.24, 2.45) is 11.8 Å². The molecule has 0 fully saturated rings. The van der Waals surface area contributed by atoms with Crippen molar-refractivity contribution in [2.75, 3.05) is 39.6 Å². The molecule has 0 aliphatic rings. The summed E-state index contributed by atoms with van der Waals surface area (Å²) in [7, 11) is -9.91. The summed E-state index contributed by atoms with van der Waals surface area (Å²) in [5.74, 6) is -0.612. The average molecular weight is 1420 g/mol. The minimum Gasteiger partial charge on any atom is -0.462 e. The molecule has 0 rings (SSSR count). The first-order valence-corrected chi connectivity index (χ1v) is 43.5. The Morgan fingerprint density at radius 3 is 0.701 bits per heavy atom. The van der Waals surface area contributed by atoms with Crippen LogP contribution in [-0.4, -0.2) is 96.7 Å². The number of hydrogen-bond donors (Lipinski definition) is 3. The predicted molar refractivity (Wildman–Crippen MR) is 395 cm³/mol. The highest BCUT2D eigenvalue weighted by atomic mass is 31.2. The molecule has 97 heavy (non-hydrogen) atoms. The second kappa shape index (κ2) is 69.8. The van der Waals surface area contributed by atoms with Gasteiger partial charge >= 0.3 is 39.5 Å². The highest BCUT2D eigenvalue weighted by Gasteiger charge is 2.30. The lowest BCUT2D eigenvalue weighted by Gasteiger charge is -2.21. The van der Waals surface area contributed by atoms with Gasteiger partial charge < -0.3 is 33.8 Å². The SMILES string of the molecule is CCCCCCCCCCCCCCCCCCCCCC(=O)OC[C@H](COP(=O)(O)OC[C@@H](O)COP(=O)(O)OC[C@@H](COC(=O)CCCCCCCCCCC)OC(=O)CCCCCCCCCC(C)C)OC(=O)CCCCCCCCCCCCCCCCCCC(C)C. The Kier molecular flexibility index (Phi) is 68.4. The second-order valence-electron chi connectivity index (χ2n) is 29.1. The molecule has 0 amide bonds. The van der Waals surface area contributed by atoms with Gasteiger partial charge in [0.25, 0.3) is 0 Å². The van der Waals surface area contributed by atoms with E-state index >= 15 is 0 Å². The van der Waals surface area contributed by atoms with Gasteiger partial charge in [-0.3, -0.25) is 37.3 Å². The molecule has 0 saturated carbocycles. The third kappa shape index (κ3) is 72.2. The van der Waals surface area contributed by atoms with Crippen LogP contribution in [0.5, 0.6) is 0 Å². The monoisotopic (exact) mass is 1420 g/mol. The minimum absolute atomic E-state index is 0.104. The number of aliphatic hydroxyl groups excluding tert-OH is 1. The smallest absolute Gasteiger partial charge is 0.462 e. The van der Waals surface area contributed by atoms with Crippen molar-refractivity contribution in [3.05, 3.63) is 0 Å². The molecule has 3 N–H and O–H groups in total. The van der Waals surface area contributed by atoms with Gasteiger partial charge in [0, 0.05) is 25.7 Å². The van der Waals surface area contributed by atoms with Crippen LogP contribution >= 0.6 is 15.6 Å². The summed E-state index contributed by atoms with van der Waals surface area (Å²) >= 11 is 0. The molecule has 17 nitrogen and oxygen atoms in total. The molecule has 2 unspecified atom stereocenters. The Labute approximate surface area is 594 Å². The van der Waals surface area contributed by atoms with Gasteiger partial charge in [-0.2, -0.15) is 0 Å². The number of esters is 4. The molecule has 0 aliphatic carbocycles. The van der Waals surface area contributed by atoms with Crippen molar-refractivity contribution in [1.29, 1.82) is 0 Å². The molecule has 0 bridgehead atoms. The standard InChI is InChI=1S/C78H152O17P2/c1-7-9-11-13-15-17-18-19-20-21-22-23-27-30-33-37-43-49-55-61-76(81)89-66-73(94-77(82)62-56-50-44-38-34-31-28-25-24-26-29-32-36-40-46-52-58-70(3)4)68-92-96(84,85)90-64-72(79)65-91-97(86,87)93-69-74(67-88-75(80)60-54-48-42-35-16-14-12-10-8-2)95-78(83)63-57-51-45-39-41-47-53-59-71(5)6/h70-74,79H,7-69H2,1-6H3,(H,84,85)(H,86,87)/t72-,73-,74-/m1/s1. The van der Waals surface area contributed by atoms with Gasteiger partial charge in [0.15, 0.2) is 12.2 Å². The van der Waals surface area contributed by atoms with E-state index in [4.69, 9.17) is 37.0 Å². The average Bonchev–Trinajstić information content (AvgIpc) is 1.56. The Bertz CT molecular complexity index is 1870. The van der Waals surface area contributed by atoms with Crippen LogP contribution in [0.3, 0.4) is 0 Å². The Morgan fingerprint density at radius 2 is 0.474 bits per heavy atom. The van der Waals surface area contributed by atoms with Crippen molar-refractivity contribution < 1.29 is 80.2 Å². The third-order valence-electron chi connectivity index (χ3n) is 18.2. The maximum Gasteiger partial charge on any atom is 0.472 e. The van der Waals surface area contributed by atoms with Gasteiger partial charge in [-0.05, 0) is 37.5 Å². The number of phosphoric ester groups is 2. The van der Waals surface area contributed by atoms with E-state index in [0.717, 1.165) is 95.8 Å². The lowest BCUT2D eigenvalue weighted by atomic mass is 10.0. The molecule has 0 aromatic heterocycles. The van der Waals surface area contributed by atoms with Crippen molar-refractivity contribution in [2.45, 2.75) is 426 Å². The molecular formula is C78H152O17P2.